The fourth-order valence-corrected chi connectivity index (χ4v) is 10.4. The van der Waals surface area contributed by atoms with Gasteiger partial charge in [-0.3, -0.25) is 48.5 Å². The number of halogens is 1. The zero-order valence-electron chi connectivity index (χ0n) is 35.4. The Morgan fingerprint density at radius 3 is 2.23 bits per heavy atom. The predicted molar refractivity (Wildman–Crippen MR) is 229 cm³/mol. The van der Waals surface area contributed by atoms with E-state index in [1.165, 1.54) is 13.0 Å². The standard InChI is InChI=1S/C45H51FN10O6/c1-24-21-53(36-18-32-31(17-34(36)46)42(60)56(43(32)61)35-10-12-38(58)50-41(35)59)22-25(2)54(24)23-28-13-15-52(16-14-28)30-9-11-37(47-19-30)49-45-48-20-33-26(3)39(27(4)57)44(62)55(40(33)51-45)29-7-5-6-8-29/h9,11,17-20,24-25,28-29,35H,5-8,10,12-16,21-23H2,1-4H3,(H,50,58,59)(H,47,48,49,51). The van der Waals surface area contributed by atoms with Crippen molar-refractivity contribution in [1.82, 2.24) is 34.6 Å². The Morgan fingerprint density at radius 1 is 0.887 bits per heavy atom. The first-order valence-electron chi connectivity index (χ1n) is 21.7. The third kappa shape index (κ3) is 7.39. The average Bonchev–Trinajstić information content (AvgIpc) is 3.85. The first-order chi connectivity index (χ1) is 29.8. The molecule has 62 heavy (non-hydrogen) atoms. The molecule has 2 N–H and O–H groups in total. The van der Waals surface area contributed by atoms with E-state index in [0.717, 1.165) is 74.8 Å². The Bertz CT molecular complexity index is 2550. The van der Waals surface area contributed by atoms with Crippen molar-refractivity contribution in [2.24, 2.45) is 5.92 Å². The van der Waals surface area contributed by atoms with Gasteiger partial charge in [0.25, 0.3) is 17.4 Å². The molecule has 324 valence electrons. The molecule has 16 nitrogen and oxygen atoms in total. The minimum Gasteiger partial charge on any atom is -0.370 e. The number of aryl methyl sites for hydroxylation is 1. The zero-order chi connectivity index (χ0) is 43.6. The fraction of sp³-hybridized carbons (Fsp3) is 0.489. The van der Waals surface area contributed by atoms with Crippen LogP contribution in [0.15, 0.2) is 41.5 Å². The van der Waals surface area contributed by atoms with Crippen LogP contribution in [-0.2, 0) is 9.59 Å². The lowest BCUT2D eigenvalue weighted by Crippen LogP contribution is -2.58. The molecule has 5 aliphatic rings. The monoisotopic (exact) mass is 846 g/mol. The SMILES string of the molecule is CC(=O)c1c(C)c2cnc(Nc3ccc(N4CCC(CN5C(C)CN(c6cc7c(cc6F)C(=O)N(C6CCC(=O)NC6=O)C7=O)CC5C)CC4)cn3)nc2n(C2CCCC2)c1=O. The number of piperazine rings is 1. The lowest BCUT2D eigenvalue weighted by Gasteiger charge is -2.47. The van der Waals surface area contributed by atoms with Gasteiger partial charge in [-0.05, 0) is 95.5 Å². The molecule has 3 aromatic heterocycles. The molecular formula is C45H51FN10O6. The molecule has 0 radical (unpaired) electrons. The number of Topliss-reactive ketones (excluding diaryl/α,β-unsaturated/α-hetero) is 1. The van der Waals surface area contributed by atoms with Crippen molar-refractivity contribution in [3.05, 3.63) is 75.1 Å². The van der Waals surface area contributed by atoms with Crippen LogP contribution in [0.4, 0.5) is 27.5 Å². The van der Waals surface area contributed by atoms with Crippen LogP contribution in [0.5, 0.6) is 0 Å². The van der Waals surface area contributed by atoms with E-state index in [4.69, 9.17) is 4.98 Å². The molecule has 9 rings (SSSR count). The number of imide groups is 2. The number of hydrogen-bond acceptors (Lipinski definition) is 13. The number of piperidine rings is 2. The van der Waals surface area contributed by atoms with Crippen LogP contribution >= 0.6 is 0 Å². The number of carbonyl (C=O) groups is 5. The van der Waals surface area contributed by atoms with Crippen molar-refractivity contribution in [2.45, 2.75) is 103 Å². The molecule has 1 aromatic carbocycles. The van der Waals surface area contributed by atoms with Crippen LogP contribution in [0.25, 0.3) is 11.0 Å². The molecule has 0 bridgehead atoms. The number of fused-ring (bicyclic) bond motifs is 2. The van der Waals surface area contributed by atoms with E-state index in [0.29, 0.717) is 47.4 Å². The van der Waals surface area contributed by atoms with Gasteiger partial charge in [0.1, 0.15) is 23.3 Å². The van der Waals surface area contributed by atoms with Gasteiger partial charge in [-0.1, -0.05) is 12.8 Å². The highest BCUT2D eigenvalue weighted by molar-refractivity contribution is 6.23. The highest BCUT2D eigenvalue weighted by Gasteiger charge is 2.46. The molecule has 4 amide bonds. The highest BCUT2D eigenvalue weighted by Crippen LogP contribution is 2.36. The van der Waals surface area contributed by atoms with Crippen molar-refractivity contribution in [2.75, 3.05) is 47.8 Å². The van der Waals surface area contributed by atoms with Gasteiger partial charge < -0.3 is 15.1 Å². The molecule has 4 aromatic rings. The summed E-state index contributed by atoms with van der Waals surface area (Å²) in [7, 11) is 0. The summed E-state index contributed by atoms with van der Waals surface area (Å²) in [6.45, 7) is 11.2. The number of benzene rings is 1. The van der Waals surface area contributed by atoms with Gasteiger partial charge in [0.2, 0.25) is 17.8 Å². The number of hydrogen-bond donors (Lipinski definition) is 2. The van der Waals surface area contributed by atoms with Crippen LogP contribution in [0.1, 0.15) is 115 Å². The smallest absolute Gasteiger partial charge is 0.263 e. The van der Waals surface area contributed by atoms with E-state index in [1.54, 1.807) is 17.7 Å². The second kappa shape index (κ2) is 16.3. The minimum atomic E-state index is -1.11. The van der Waals surface area contributed by atoms with Gasteiger partial charge in [0.05, 0.1) is 34.3 Å². The molecule has 3 unspecified atom stereocenters. The lowest BCUT2D eigenvalue weighted by atomic mass is 9.93. The van der Waals surface area contributed by atoms with E-state index >= 15 is 4.39 Å². The van der Waals surface area contributed by atoms with Crippen molar-refractivity contribution in [3.8, 4) is 0 Å². The van der Waals surface area contributed by atoms with E-state index in [9.17, 15) is 28.8 Å². The summed E-state index contributed by atoms with van der Waals surface area (Å²) in [4.78, 5) is 98.6. The number of amides is 4. The lowest BCUT2D eigenvalue weighted by molar-refractivity contribution is -0.136. The van der Waals surface area contributed by atoms with Crippen LogP contribution in [0, 0.1) is 18.7 Å². The second-order valence-corrected chi connectivity index (χ2v) is 17.7. The van der Waals surface area contributed by atoms with Crippen molar-refractivity contribution in [1.29, 1.82) is 0 Å². The zero-order valence-corrected chi connectivity index (χ0v) is 35.4. The van der Waals surface area contributed by atoms with Gasteiger partial charge in [-0.25, -0.2) is 14.4 Å². The Balaban J connectivity index is 0.809. The molecule has 7 heterocycles. The van der Waals surface area contributed by atoms with E-state index < -0.39 is 35.5 Å². The molecule has 1 aliphatic carbocycles. The van der Waals surface area contributed by atoms with E-state index in [-0.39, 0.29) is 64.7 Å². The van der Waals surface area contributed by atoms with Crippen LogP contribution in [0.3, 0.4) is 0 Å². The summed E-state index contributed by atoms with van der Waals surface area (Å²) in [6, 6.07) is 5.55. The molecule has 1 saturated carbocycles. The first-order valence-corrected chi connectivity index (χ1v) is 21.7. The van der Waals surface area contributed by atoms with Crippen LogP contribution in [0.2, 0.25) is 0 Å². The fourth-order valence-electron chi connectivity index (χ4n) is 10.4. The third-order valence-corrected chi connectivity index (χ3v) is 13.6. The summed E-state index contributed by atoms with van der Waals surface area (Å²) in [5.74, 6) is -2.02. The normalized spacial score (nSPS) is 22.8. The largest absolute Gasteiger partial charge is 0.370 e. The number of nitrogens with one attached hydrogen (secondary N) is 2. The summed E-state index contributed by atoms with van der Waals surface area (Å²) in [5.41, 5.74) is 2.31. The summed E-state index contributed by atoms with van der Waals surface area (Å²) in [6.07, 6.45) is 9.35. The summed E-state index contributed by atoms with van der Waals surface area (Å²) < 4.78 is 17.4. The van der Waals surface area contributed by atoms with Gasteiger partial charge in [0.15, 0.2) is 5.78 Å². The maximum Gasteiger partial charge on any atom is 0.263 e. The Hall–Kier alpha value is -6.10. The average molecular weight is 847 g/mol. The first kappa shape index (κ1) is 41.3. The molecule has 17 heteroatoms. The Morgan fingerprint density at radius 2 is 1.58 bits per heavy atom. The summed E-state index contributed by atoms with van der Waals surface area (Å²) in [5, 5.41) is 6.09. The van der Waals surface area contributed by atoms with E-state index in [1.807, 2.05) is 23.2 Å². The quantitative estimate of drug-likeness (QED) is 0.171. The second-order valence-electron chi connectivity index (χ2n) is 17.7. The number of pyridine rings is 2. The molecule has 0 spiro atoms. The number of rotatable bonds is 9. The topological polar surface area (TPSA) is 183 Å². The predicted octanol–water partition coefficient (Wildman–Crippen LogP) is 4.91. The van der Waals surface area contributed by atoms with Gasteiger partial charge in [-0.15, -0.1) is 0 Å². The minimum absolute atomic E-state index is 0.00913. The third-order valence-electron chi connectivity index (χ3n) is 13.6. The molecule has 4 fully saturated rings. The maximum atomic E-state index is 15.7. The number of anilines is 4. The summed E-state index contributed by atoms with van der Waals surface area (Å²) >= 11 is 0. The van der Waals surface area contributed by atoms with Crippen LogP contribution in [-0.4, -0.2) is 110 Å². The van der Waals surface area contributed by atoms with Crippen molar-refractivity contribution >= 4 is 63.6 Å². The molecular weight excluding hydrogens is 796 g/mol. The maximum absolute atomic E-state index is 15.7. The van der Waals surface area contributed by atoms with Gasteiger partial charge in [0, 0.05) is 68.9 Å². The molecule has 3 saturated heterocycles. The molecule has 4 aliphatic heterocycles. The number of carbonyl (C=O) groups excluding carboxylic acids is 5. The van der Waals surface area contributed by atoms with Gasteiger partial charge >= 0.3 is 0 Å². The van der Waals surface area contributed by atoms with Crippen molar-refractivity contribution in [3.63, 3.8) is 0 Å². The van der Waals surface area contributed by atoms with Gasteiger partial charge in [-0.2, -0.15) is 4.98 Å². The Kier molecular flexibility index (Phi) is 10.9. The Labute approximate surface area is 357 Å². The van der Waals surface area contributed by atoms with Crippen LogP contribution < -0.4 is 26.0 Å². The van der Waals surface area contributed by atoms with E-state index in [2.05, 4.69) is 44.2 Å². The van der Waals surface area contributed by atoms with Crippen molar-refractivity contribution < 1.29 is 28.4 Å². The number of ketones is 1. The highest BCUT2D eigenvalue weighted by atomic mass is 19.1. The number of nitrogens with zero attached hydrogens (tertiary/aromatic N) is 8. The number of aromatic nitrogens is 4. The molecule has 3 atom stereocenters.